The lowest BCUT2D eigenvalue weighted by molar-refractivity contribution is -0.265. The molecule has 0 unspecified atom stereocenters. The number of halogens is 4. The number of amides is 2. The molecule has 1 aliphatic carbocycles. The first kappa shape index (κ1) is 32.9. The van der Waals surface area contributed by atoms with Gasteiger partial charge in [-0.2, -0.15) is 13.2 Å². The van der Waals surface area contributed by atoms with Crippen molar-refractivity contribution in [2.75, 3.05) is 26.4 Å². The first-order valence-corrected chi connectivity index (χ1v) is 14.8. The fourth-order valence-electron chi connectivity index (χ4n) is 5.04. The Labute approximate surface area is 262 Å². The molecular weight excluding hydrogens is 610 g/mol. The van der Waals surface area contributed by atoms with Crippen LogP contribution in [-0.4, -0.2) is 60.6 Å². The van der Waals surface area contributed by atoms with E-state index in [-0.39, 0.29) is 40.8 Å². The van der Waals surface area contributed by atoms with Crippen LogP contribution in [0.5, 0.6) is 11.5 Å². The SMILES string of the molecule is CCOc1c(CC(N)=O)cc([C@@](O)(CNC(=O)c2ccc(C3=CCOCC3)c(OC3CC3)c2)C(F)(F)F)nc1-c1ccc(F)cc1. The fourth-order valence-corrected chi connectivity index (χ4v) is 5.04. The van der Waals surface area contributed by atoms with Gasteiger partial charge in [0.05, 0.1) is 44.6 Å². The standard InChI is InChI=1S/C33H33F4N3O6/c1-2-45-30-22(17-28(38)41)16-27(40-29(30)20-3-6-23(34)7-4-20)32(43,33(35,36)37)18-39-31(42)21-5-10-25(19-11-13-44-14-12-19)26(15-21)46-24-8-9-24/h3-7,10-11,15-16,24,43H,2,8-9,12-14,17-18H2,1H3,(H2,38,41)(H,39,42)/t32-/m0/s1. The zero-order valence-corrected chi connectivity index (χ0v) is 25.0. The summed E-state index contributed by atoms with van der Waals surface area (Å²) in [6.45, 7) is 1.30. The van der Waals surface area contributed by atoms with Crippen LogP contribution in [0, 0.1) is 5.82 Å². The summed E-state index contributed by atoms with van der Waals surface area (Å²) in [5.74, 6) is -1.99. The third-order valence-electron chi connectivity index (χ3n) is 7.59. The van der Waals surface area contributed by atoms with Crippen molar-refractivity contribution in [3.8, 4) is 22.8 Å². The van der Waals surface area contributed by atoms with Crippen LogP contribution in [0.4, 0.5) is 17.6 Å². The second-order valence-corrected chi connectivity index (χ2v) is 11.1. The van der Waals surface area contributed by atoms with E-state index < -0.39 is 48.1 Å². The van der Waals surface area contributed by atoms with E-state index in [9.17, 15) is 32.3 Å². The Morgan fingerprint density at radius 1 is 1.13 bits per heavy atom. The molecular formula is C33H33F4N3O6. The Kier molecular flexibility index (Phi) is 9.63. The van der Waals surface area contributed by atoms with Crippen LogP contribution in [0.2, 0.25) is 0 Å². The van der Waals surface area contributed by atoms with Gasteiger partial charge >= 0.3 is 6.18 Å². The molecule has 9 nitrogen and oxygen atoms in total. The van der Waals surface area contributed by atoms with E-state index in [0.717, 1.165) is 42.2 Å². The Hall–Kier alpha value is -4.49. The molecule has 1 aromatic heterocycles. The highest BCUT2D eigenvalue weighted by molar-refractivity contribution is 5.95. The number of carbonyl (C=O) groups is 2. The average Bonchev–Trinajstić information content (AvgIpc) is 3.84. The monoisotopic (exact) mass is 643 g/mol. The van der Waals surface area contributed by atoms with E-state index in [1.165, 1.54) is 24.3 Å². The van der Waals surface area contributed by atoms with Gasteiger partial charge in [-0.15, -0.1) is 0 Å². The van der Waals surface area contributed by atoms with Crippen LogP contribution in [0.1, 0.15) is 53.4 Å². The maximum absolute atomic E-state index is 14.7. The maximum Gasteiger partial charge on any atom is 0.424 e. The minimum Gasteiger partial charge on any atom is -0.491 e. The molecule has 2 aromatic carbocycles. The van der Waals surface area contributed by atoms with Crippen molar-refractivity contribution in [3.05, 3.63) is 82.8 Å². The predicted molar refractivity (Wildman–Crippen MR) is 159 cm³/mol. The number of aromatic nitrogens is 1. The van der Waals surface area contributed by atoms with Gasteiger partial charge in [-0.1, -0.05) is 12.1 Å². The van der Waals surface area contributed by atoms with E-state index in [4.69, 9.17) is 19.9 Å². The van der Waals surface area contributed by atoms with Crippen LogP contribution in [0.3, 0.4) is 0 Å². The van der Waals surface area contributed by atoms with Crippen molar-refractivity contribution in [2.24, 2.45) is 5.73 Å². The molecule has 2 heterocycles. The summed E-state index contributed by atoms with van der Waals surface area (Å²) in [5, 5.41) is 13.4. The summed E-state index contributed by atoms with van der Waals surface area (Å²) in [7, 11) is 0. The van der Waals surface area contributed by atoms with E-state index in [1.807, 2.05) is 6.08 Å². The second kappa shape index (κ2) is 13.5. The number of carbonyl (C=O) groups excluding carboxylic acids is 2. The number of benzene rings is 2. The number of hydrogen-bond donors (Lipinski definition) is 3. The molecule has 0 radical (unpaired) electrons. The lowest BCUT2D eigenvalue weighted by atomic mass is 9.93. The molecule has 1 saturated carbocycles. The fraction of sp³-hybridized carbons (Fsp3) is 0.364. The van der Waals surface area contributed by atoms with E-state index in [2.05, 4.69) is 10.3 Å². The number of hydrogen-bond acceptors (Lipinski definition) is 7. The van der Waals surface area contributed by atoms with Gasteiger partial charge in [-0.25, -0.2) is 9.37 Å². The number of primary amides is 1. The molecule has 46 heavy (non-hydrogen) atoms. The minimum atomic E-state index is -5.34. The summed E-state index contributed by atoms with van der Waals surface area (Å²) in [6, 6.07) is 10.2. The molecule has 13 heteroatoms. The largest absolute Gasteiger partial charge is 0.491 e. The molecule has 1 aliphatic heterocycles. The van der Waals surface area contributed by atoms with Gasteiger partial charge in [0, 0.05) is 22.3 Å². The molecule has 244 valence electrons. The number of nitrogens with two attached hydrogens (primary N) is 1. The van der Waals surface area contributed by atoms with Crippen molar-refractivity contribution in [3.63, 3.8) is 0 Å². The Morgan fingerprint density at radius 3 is 2.48 bits per heavy atom. The van der Waals surface area contributed by atoms with Crippen LogP contribution in [0.15, 0.2) is 54.6 Å². The van der Waals surface area contributed by atoms with E-state index in [1.54, 1.807) is 13.0 Å². The third kappa shape index (κ3) is 7.31. The van der Waals surface area contributed by atoms with Gasteiger partial charge in [0.2, 0.25) is 11.5 Å². The summed E-state index contributed by atoms with van der Waals surface area (Å²) in [6.07, 6.45) is -1.64. The maximum atomic E-state index is 14.7. The smallest absolute Gasteiger partial charge is 0.424 e. The van der Waals surface area contributed by atoms with E-state index in [0.29, 0.717) is 25.4 Å². The summed E-state index contributed by atoms with van der Waals surface area (Å²) >= 11 is 0. The van der Waals surface area contributed by atoms with Crippen molar-refractivity contribution < 1.29 is 46.5 Å². The van der Waals surface area contributed by atoms with Crippen molar-refractivity contribution in [2.45, 2.75) is 50.5 Å². The molecule has 5 rings (SSSR count). The van der Waals surface area contributed by atoms with Gasteiger partial charge in [-0.3, -0.25) is 9.59 Å². The molecule has 2 aliphatic rings. The second-order valence-electron chi connectivity index (χ2n) is 11.1. The average molecular weight is 644 g/mol. The molecule has 4 N–H and O–H groups in total. The number of pyridine rings is 1. The number of nitrogens with zero attached hydrogens (tertiary/aromatic N) is 1. The molecule has 2 amide bonds. The minimum absolute atomic E-state index is 0.0107. The quantitative estimate of drug-likeness (QED) is 0.241. The Bertz CT molecular complexity index is 1640. The van der Waals surface area contributed by atoms with Gasteiger partial charge in [0.15, 0.2) is 0 Å². The number of ether oxygens (including phenoxy) is 3. The summed E-state index contributed by atoms with van der Waals surface area (Å²) in [4.78, 5) is 29.3. The predicted octanol–water partition coefficient (Wildman–Crippen LogP) is 4.84. The molecule has 0 bridgehead atoms. The zero-order chi connectivity index (χ0) is 33.1. The molecule has 1 atom stereocenters. The van der Waals surface area contributed by atoms with Gasteiger partial charge < -0.3 is 30.4 Å². The van der Waals surface area contributed by atoms with Crippen LogP contribution in [0.25, 0.3) is 16.8 Å². The highest BCUT2D eigenvalue weighted by atomic mass is 19.4. The number of alkyl halides is 3. The first-order valence-electron chi connectivity index (χ1n) is 14.8. The highest BCUT2D eigenvalue weighted by Crippen LogP contribution is 2.42. The van der Waals surface area contributed by atoms with Crippen LogP contribution >= 0.6 is 0 Å². The van der Waals surface area contributed by atoms with Crippen LogP contribution < -0.4 is 20.5 Å². The van der Waals surface area contributed by atoms with Gasteiger partial charge in [-0.05, 0) is 74.2 Å². The lowest BCUT2D eigenvalue weighted by Gasteiger charge is -2.31. The van der Waals surface area contributed by atoms with Crippen molar-refractivity contribution in [1.29, 1.82) is 0 Å². The zero-order valence-electron chi connectivity index (χ0n) is 25.0. The third-order valence-corrected chi connectivity index (χ3v) is 7.59. The van der Waals surface area contributed by atoms with Crippen molar-refractivity contribution >= 4 is 17.4 Å². The normalized spacial score (nSPS) is 16.3. The molecule has 0 saturated heterocycles. The molecule has 1 fully saturated rings. The Balaban J connectivity index is 1.50. The van der Waals surface area contributed by atoms with E-state index >= 15 is 0 Å². The molecule has 3 aromatic rings. The van der Waals surface area contributed by atoms with Gasteiger partial charge in [0.1, 0.15) is 23.0 Å². The number of nitrogens with one attached hydrogen (secondary N) is 1. The van der Waals surface area contributed by atoms with Gasteiger partial charge in [0.25, 0.3) is 5.91 Å². The Morgan fingerprint density at radius 2 is 1.87 bits per heavy atom. The molecule has 0 spiro atoms. The lowest BCUT2D eigenvalue weighted by Crippen LogP contribution is -2.51. The number of aliphatic hydroxyl groups is 1. The highest BCUT2D eigenvalue weighted by Gasteiger charge is 2.56. The summed E-state index contributed by atoms with van der Waals surface area (Å²) in [5.41, 5.74) is 2.43. The van der Waals surface area contributed by atoms with Crippen LogP contribution in [-0.2, 0) is 21.6 Å². The number of rotatable bonds is 12. The first-order chi connectivity index (χ1) is 21.9. The van der Waals surface area contributed by atoms with Crippen molar-refractivity contribution in [1.82, 2.24) is 10.3 Å². The topological polar surface area (TPSA) is 133 Å². The summed E-state index contributed by atoms with van der Waals surface area (Å²) < 4.78 is 74.8.